The molecular formula is C18H30N4O. The third kappa shape index (κ3) is 3.10. The van der Waals surface area contributed by atoms with Crippen LogP contribution in [-0.2, 0) is 26.4 Å². The van der Waals surface area contributed by atoms with E-state index in [-0.39, 0.29) is 6.03 Å². The lowest BCUT2D eigenvalue weighted by Crippen LogP contribution is -2.47. The lowest BCUT2D eigenvalue weighted by atomic mass is 10.1. The van der Waals surface area contributed by atoms with E-state index in [1.165, 1.54) is 30.5 Å². The normalized spacial score (nSPS) is 17.5. The van der Waals surface area contributed by atoms with Gasteiger partial charge in [0.2, 0.25) is 0 Å². The summed E-state index contributed by atoms with van der Waals surface area (Å²) in [4.78, 5) is 17.1. The van der Waals surface area contributed by atoms with E-state index in [4.69, 9.17) is 5.10 Å². The molecular weight excluding hydrogens is 288 g/mol. The Morgan fingerprint density at radius 1 is 1.17 bits per heavy atom. The second kappa shape index (κ2) is 6.93. The number of carbonyl (C=O) groups is 1. The van der Waals surface area contributed by atoms with E-state index in [1.807, 2.05) is 16.6 Å². The number of amides is 2. The Kier molecular flexibility index (Phi) is 4.93. The summed E-state index contributed by atoms with van der Waals surface area (Å²) in [6, 6.07) is 0.585. The first-order chi connectivity index (χ1) is 11.2. The van der Waals surface area contributed by atoms with Gasteiger partial charge in [-0.15, -0.1) is 0 Å². The van der Waals surface area contributed by atoms with E-state index in [0.717, 1.165) is 44.5 Å². The number of fused-ring (bicyclic) bond motifs is 1. The summed E-state index contributed by atoms with van der Waals surface area (Å²) < 4.78 is 2.03. The molecule has 0 bridgehead atoms. The molecule has 0 aliphatic heterocycles. The fourth-order valence-electron chi connectivity index (χ4n) is 4.23. The van der Waals surface area contributed by atoms with Gasteiger partial charge in [-0.1, -0.05) is 12.8 Å². The van der Waals surface area contributed by atoms with E-state index in [9.17, 15) is 4.79 Å². The standard InChI is InChI=1S/C18H30N4O/c1-4-21(5-2)18(23)22(14-9-6-7-10-14)13-16-15-11-8-12-17(15)20(3)19-16/h14H,4-13H2,1-3H3. The molecule has 2 aliphatic rings. The average Bonchev–Trinajstić information content (AvgIpc) is 3.26. The van der Waals surface area contributed by atoms with Crippen molar-refractivity contribution in [2.24, 2.45) is 7.05 Å². The highest BCUT2D eigenvalue weighted by Crippen LogP contribution is 2.29. The first-order valence-electron chi connectivity index (χ1n) is 9.24. The molecule has 0 unspecified atom stereocenters. The van der Waals surface area contributed by atoms with Crippen LogP contribution in [0.5, 0.6) is 0 Å². The zero-order chi connectivity index (χ0) is 16.4. The van der Waals surface area contributed by atoms with Crippen molar-refractivity contribution in [2.75, 3.05) is 13.1 Å². The van der Waals surface area contributed by atoms with Crippen molar-refractivity contribution in [3.63, 3.8) is 0 Å². The molecule has 1 aromatic heterocycles. The maximum absolute atomic E-state index is 13.0. The third-order valence-electron chi connectivity index (χ3n) is 5.56. The molecule has 1 heterocycles. The molecule has 0 spiro atoms. The zero-order valence-electron chi connectivity index (χ0n) is 14.8. The molecule has 2 aliphatic carbocycles. The van der Waals surface area contributed by atoms with Crippen LogP contribution in [0.2, 0.25) is 0 Å². The molecule has 5 nitrogen and oxygen atoms in total. The molecule has 2 amide bonds. The van der Waals surface area contributed by atoms with Gasteiger partial charge in [0.1, 0.15) is 0 Å². The lowest BCUT2D eigenvalue weighted by Gasteiger charge is -2.33. The van der Waals surface area contributed by atoms with Crippen LogP contribution in [0.1, 0.15) is 62.9 Å². The molecule has 0 aromatic carbocycles. The number of nitrogens with zero attached hydrogens (tertiary/aromatic N) is 4. The van der Waals surface area contributed by atoms with Crippen molar-refractivity contribution < 1.29 is 4.79 Å². The lowest BCUT2D eigenvalue weighted by molar-refractivity contribution is 0.132. The Labute approximate surface area is 139 Å². The number of rotatable bonds is 5. The summed E-state index contributed by atoms with van der Waals surface area (Å²) in [7, 11) is 2.04. The molecule has 0 atom stereocenters. The first-order valence-corrected chi connectivity index (χ1v) is 9.24. The molecule has 0 N–H and O–H groups in total. The van der Waals surface area contributed by atoms with Crippen molar-refractivity contribution in [1.82, 2.24) is 19.6 Å². The van der Waals surface area contributed by atoms with Gasteiger partial charge in [-0.25, -0.2) is 4.79 Å². The Balaban J connectivity index is 1.84. The van der Waals surface area contributed by atoms with Gasteiger partial charge in [0.05, 0.1) is 12.2 Å². The number of urea groups is 1. The van der Waals surface area contributed by atoms with Gasteiger partial charge in [0.15, 0.2) is 0 Å². The third-order valence-corrected chi connectivity index (χ3v) is 5.56. The van der Waals surface area contributed by atoms with Crippen LogP contribution in [0.4, 0.5) is 4.79 Å². The summed E-state index contributed by atoms with van der Waals surface area (Å²) in [5, 5.41) is 4.74. The van der Waals surface area contributed by atoms with Crippen LogP contribution in [0.15, 0.2) is 0 Å². The monoisotopic (exact) mass is 318 g/mol. The second-order valence-corrected chi connectivity index (χ2v) is 6.87. The first kappa shape index (κ1) is 16.3. The van der Waals surface area contributed by atoms with Gasteiger partial charge in [0, 0.05) is 31.9 Å². The van der Waals surface area contributed by atoms with Gasteiger partial charge in [0.25, 0.3) is 0 Å². The average molecular weight is 318 g/mol. The minimum Gasteiger partial charge on any atom is -0.325 e. The second-order valence-electron chi connectivity index (χ2n) is 6.87. The zero-order valence-corrected chi connectivity index (χ0v) is 14.8. The van der Waals surface area contributed by atoms with Crippen LogP contribution in [0.25, 0.3) is 0 Å². The Morgan fingerprint density at radius 2 is 1.87 bits per heavy atom. The summed E-state index contributed by atoms with van der Waals surface area (Å²) in [5.74, 6) is 0. The number of aryl methyl sites for hydroxylation is 1. The highest BCUT2D eigenvalue weighted by molar-refractivity contribution is 5.74. The summed E-state index contributed by atoms with van der Waals surface area (Å²) >= 11 is 0. The smallest absolute Gasteiger partial charge is 0.320 e. The summed E-state index contributed by atoms with van der Waals surface area (Å²) in [6.07, 6.45) is 8.24. The number of hydrogen-bond acceptors (Lipinski definition) is 2. The molecule has 0 radical (unpaired) electrons. The van der Waals surface area contributed by atoms with Crippen molar-refractivity contribution in [2.45, 2.75) is 71.4 Å². The van der Waals surface area contributed by atoms with Crippen LogP contribution < -0.4 is 0 Å². The fourth-order valence-corrected chi connectivity index (χ4v) is 4.23. The van der Waals surface area contributed by atoms with Crippen molar-refractivity contribution >= 4 is 6.03 Å². The topological polar surface area (TPSA) is 41.4 Å². The summed E-state index contributed by atoms with van der Waals surface area (Å²) in [6.45, 7) is 6.36. The molecule has 0 saturated heterocycles. The SMILES string of the molecule is CCN(CC)C(=O)N(Cc1nn(C)c2c1CCC2)C1CCCC1. The van der Waals surface area contributed by atoms with Crippen molar-refractivity contribution in [1.29, 1.82) is 0 Å². The van der Waals surface area contributed by atoms with Crippen molar-refractivity contribution in [3.05, 3.63) is 17.0 Å². The molecule has 1 fully saturated rings. The quantitative estimate of drug-likeness (QED) is 0.837. The van der Waals surface area contributed by atoms with Crippen LogP contribution >= 0.6 is 0 Å². The Hall–Kier alpha value is -1.52. The highest BCUT2D eigenvalue weighted by atomic mass is 16.2. The van der Waals surface area contributed by atoms with E-state index >= 15 is 0 Å². The number of hydrogen-bond donors (Lipinski definition) is 0. The Bertz CT molecular complexity index is 556. The van der Waals surface area contributed by atoms with Gasteiger partial charge in [-0.3, -0.25) is 4.68 Å². The van der Waals surface area contributed by atoms with Crippen LogP contribution in [0, 0.1) is 0 Å². The minimum atomic E-state index is 0.194. The fraction of sp³-hybridized carbons (Fsp3) is 0.778. The van der Waals surface area contributed by atoms with Gasteiger partial charge in [-0.2, -0.15) is 5.10 Å². The highest BCUT2D eigenvalue weighted by Gasteiger charge is 2.31. The van der Waals surface area contributed by atoms with E-state index in [2.05, 4.69) is 18.7 Å². The molecule has 23 heavy (non-hydrogen) atoms. The maximum Gasteiger partial charge on any atom is 0.320 e. The molecule has 128 valence electrons. The number of aromatic nitrogens is 2. The van der Waals surface area contributed by atoms with E-state index < -0.39 is 0 Å². The van der Waals surface area contributed by atoms with E-state index in [1.54, 1.807) is 0 Å². The molecule has 3 rings (SSSR count). The number of carbonyl (C=O) groups excluding carboxylic acids is 1. The van der Waals surface area contributed by atoms with Crippen LogP contribution in [0.3, 0.4) is 0 Å². The predicted molar refractivity (Wildman–Crippen MR) is 91.3 cm³/mol. The van der Waals surface area contributed by atoms with Crippen molar-refractivity contribution in [3.8, 4) is 0 Å². The van der Waals surface area contributed by atoms with Gasteiger partial charge < -0.3 is 9.80 Å². The largest absolute Gasteiger partial charge is 0.325 e. The Morgan fingerprint density at radius 3 is 2.52 bits per heavy atom. The van der Waals surface area contributed by atoms with Gasteiger partial charge >= 0.3 is 6.03 Å². The van der Waals surface area contributed by atoms with E-state index in [0.29, 0.717) is 12.6 Å². The minimum absolute atomic E-state index is 0.194. The maximum atomic E-state index is 13.0. The molecule has 5 heteroatoms. The molecule has 1 saturated carbocycles. The van der Waals surface area contributed by atoms with Gasteiger partial charge in [-0.05, 0) is 51.5 Å². The van der Waals surface area contributed by atoms with Crippen LogP contribution in [-0.4, -0.2) is 44.7 Å². The molecule has 1 aromatic rings. The predicted octanol–water partition coefficient (Wildman–Crippen LogP) is 3.12. The summed E-state index contributed by atoms with van der Waals surface area (Å²) in [5.41, 5.74) is 3.91.